The smallest absolute Gasteiger partial charge is 0.188 e. The van der Waals surface area contributed by atoms with Crippen molar-refractivity contribution in [3.8, 4) is 5.75 Å². The Morgan fingerprint density at radius 2 is 2.12 bits per heavy atom. The molecule has 0 amide bonds. The van der Waals surface area contributed by atoms with Crippen LogP contribution in [0.5, 0.6) is 5.75 Å². The van der Waals surface area contributed by atoms with E-state index in [9.17, 15) is 0 Å². The lowest BCUT2D eigenvalue weighted by Gasteiger charge is -2.20. The molecule has 0 radical (unpaired) electrons. The van der Waals surface area contributed by atoms with Gasteiger partial charge in [0.2, 0.25) is 0 Å². The summed E-state index contributed by atoms with van der Waals surface area (Å²) in [7, 11) is 0. The van der Waals surface area contributed by atoms with Crippen LogP contribution in [-0.4, -0.2) is 49.7 Å². The maximum absolute atomic E-state index is 6.00. The predicted molar refractivity (Wildman–Crippen MR) is 105 cm³/mol. The van der Waals surface area contributed by atoms with Crippen molar-refractivity contribution in [3.63, 3.8) is 0 Å². The lowest BCUT2D eigenvalue weighted by molar-refractivity contribution is 0.271. The van der Waals surface area contributed by atoms with Crippen molar-refractivity contribution in [3.05, 3.63) is 29.8 Å². The second-order valence-corrected chi connectivity index (χ2v) is 7.18. The van der Waals surface area contributed by atoms with Crippen LogP contribution in [0.4, 0.5) is 0 Å². The molecule has 5 nitrogen and oxygen atoms in total. The van der Waals surface area contributed by atoms with Crippen molar-refractivity contribution in [2.24, 2.45) is 16.6 Å². The molecule has 0 aliphatic carbocycles. The van der Waals surface area contributed by atoms with E-state index in [1.807, 2.05) is 12.1 Å². The molecular formula is C20H34N4O. The van der Waals surface area contributed by atoms with Crippen LogP contribution >= 0.6 is 0 Å². The van der Waals surface area contributed by atoms with E-state index in [2.05, 4.69) is 48.1 Å². The second-order valence-electron chi connectivity index (χ2n) is 7.18. The number of ether oxygens (including phenoxy) is 1. The van der Waals surface area contributed by atoms with Crippen LogP contribution in [0, 0.1) is 5.92 Å². The fourth-order valence-corrected chi connectivity index (χ4v) is 3.13. The van der Waals surface area contributed by atoms with Gasteiger partial charge in [0.05, 0.1) is 13.2 Å². The monoisotopic (exact) mass is 346 g/mol. The first-order chi connectivity index (χ1) is 12.1. The normalized spacial score (nSPS) is 18.7. The van der Waals surface area contributed by atoms with Crippen molar-refractivity contribution >= 4 is 5.96 Å². The highest BCUT2D eigenvalue weighted by Crippen LogP contribution is 2.16. The number of likely N-dealkylation sites (N-methyl/N-ethyl adjacent to an activating group) is 1. The molecule has 2 rings (SSSR count). The van der Waals surface area contributed by atoms with Gasteiger partial charge in [-0.25, -0.2) is 0 Å². The van der Waals surface area contributed by atoms with Crippen LogP contribution in [0.15, 0.2) is 29.3 Å². The molecule has 0 aromatic heterocycles. The predicted octanol–water partition coefficient (Wildman–Crippen LogP) is 2.65. The average molecular weight is 347 g/mol. The molecule has 0 bridgehead atoms. The first-order valence-corrected chi connectivity index (χ1v) is 9.58. The molecule has 1 aromatic carbocycles. The number of benzene rings is 1. The van der Waals surface area contributed by atoms with Gasteiger partial charge in [0.15, 0.2) is 5.96 Å². The number of nitrogens with two attached hydrogens (primary N) is 1. The Morgan fingerprint density at radius 1 is 1.36 bits per heavy atom. The van der Waals surface area contributed by atoms with Gasteiger partial charge in [-0.3, -0.25) is 9.89 Å². The number of likely N-dealkylation sites (tertiary alicyclic amines) is 1. The summed E-state index contributed by atoms with van der Waals surface area (Å²) in [6.45, 7) is 11.2. The first kappa shape index (κ1) is 19.6. The SMILES string of the molecule is CCN1CCCC1CN=C(N)NCCc1ccc(OCC(C)C)cc1. The third-order valence-corrected chi connectivity index (χ3v) is 4.60. The van der Waals surface area contributed by atoms with Crippen LogP contribution in [0.1, 0.15) is 39.2 Å². The average Bonchev–Trinajstić information content (AvgIpc) is 3.07. The minimum absolute atomic E-state index is 0.541. The quantitative estimate of drug-likeness (QED) is 0.533. The highest BCUT2D eigenvalue weighted by Gasteiger charge is 2.22. The zero-order valence-electron chi connectivity index (χ0n) is 16.0. The fraction of sp³-hybridized carbons (Fsp3) is 0.650. The number of rotatable bonds is 9. The third-order valence-electron chi connectivity index (χ3n) is 4.60. The molecule has 1 atom stereocenters. The topological polar surface area (TPSA) is 62.9 Å². The summed E-state index contributed by atoms with van der Waals surface area (Å²) in [6, 6.07) is 8.86. The summed E-state index contributed by atoms with van der Waals surface area (Å²) in [4.78, 5) is 7.00. The molecule has 3 N–H and O–H groups in total. The largest absolute Gasteiger partial charge is 0.493 e. The van der Waals surface area contributed by atoms with Crippen LogP contribution in [0.3, 0.4) is 0 Å². The van der Waals surface area contributed by atoms with Crippen LogP contribution in [0.2, 0.25) is 0 Å². The number of aliphatic imine (C=N–C) groups is 1. The van der Waals surface area contributed by atoms with Gasteiger partial charge in [0.25, 0.3) is 0 Å². The lowest BCUT2D eigenvalue weighted by Crippen LogP contribution is -2.36. The molecule has 1 aliphatic heterocycles. The van der Waals surface area contributed by atoms with Gasteiger partial charge in [-0.2, -0.15) is 0 Å². The van der Waals surface area contributed by atoms with Crippen LogP contribution in [-0.2, 0) is 6.42 Å². The van der Waals surface area contributed by atoms with Crippen molar-refractivity contribution in [2.45, 2.75) is 46.1 Å². The highest BCUT2D eigenvalue weighted by atomic mass is 16.5. The van der Waals surface area contributed by atoms with Crippen molar-refractivity contribution < 1.29 is 4.74 Å². The Hall–Kier alpha value is -1.75. The van der Waals surface area contributed by atoms with Crippen LogP contribution in [0.25, 0.3) is 0 Å². The summed E-state index contributed by atoms with van der Waals surface area (Å²) in [5.41, 5.74) is 7.26. The number of nitrogens with one attached hydrogen (secondary N) is 1. The molecule has 140 valence electrons. The van der Waals surface area contributed by atoms with Gasteiger partial charge < -0.3 is 15.8 Å². The third kappa shape index (κ3) is 6.94. The summed E-state index contributed by atoms with van der Waals surface area (Å²) in [6.07, 6.45) is 3.43. The molecule has 1 unspecified atom stereocenters. The highest BCUT2D eigenvalue weighted by molar-refractivity contribution is 5.77. The van der Waals surface area contributed by atoms with E-state index in [1.165, 1.54) is 24.9 Å². The number of hydrogen-bond acceptors (Lipinski definition) is 3. The summed E-state index contributed by atoms with van der Waals surface area (Å²) in [5, 5.41) is 3.22. The van der Waals surface area contributed by atoms with Crippen molar-refractivity contribution in [1.29, 1.82) is 0 Å². The number of hydrogen-bond donors (Lipinski definition) is 2. The Balaban J connectivity index is 1.68. The first-order valence-electron chi connectivity index (χ1n) is 9.58. The van der Waals surface area contributed by atoms with Crippen molar-refractivity contribution in [2.75, 3.05) is 32.8 Å². The van der Waals surface area contributed by atoms with E-state index >= 15 is 0 Å². The molecule has 1 heterocycles. The molecular weight excluding hydrogens is 312 g/mol. The summed E-state index contributed by atoms with van der Waals surface area (Å²) >= 11 is 0. The van der Waals surface area contributed by atoms with Crippen LogP contribution < -0.4 is 15.8 Å². The standard InChI is InChI=1S/C20H34N4O/c1-4-24-13-5-6-18(24)14-23-20(21)22-12-11-17-7-9-19(10-8-17)25-15-16(2)3/h7-10,16,18H,4-6,11-15H2,1-3H3,(H3,21,22,23). The summed E-state index contributed by atoms with van der Waals surface area (Å²) in [5.74, 6) is 2.03. The Labute approximate surface area is 152 Å². The maximum Gasteiger partial charge on any atom is 0.188 e. The molecule has 1 fully saturated rings. The van der Waals surface area contributed by atoms with E-state index in [1.54, 1.807) is 0 Å². The van der Waals surface area contributed by atoms with Gasteiger partial charge in [-0.05, 0) is 56.0 Å². The molecule has 5 heteroatoms. The Kier molecular flexibility index (Phi) is 8.06. The zero-order chi connectivity index (χ0) is 18.1. The second kappa shape index (κ2) is 10.3. The van der Waals surface area contributed by atoms with E-state index in [-0.39, 0.29) is 0 Å². The Bertz CT molecular complexity index is 527. The molecule has 0 spiro atoms. The van der Waals surface area contributed by atoms with Gasteiger partial charge in [-0.15, -0.1) is 0 Å². The minimum atomic E-state index is 0.541. The number of nitrogens with zero attached hydrogens (tertiary/aromatic N) is 2. The summed E-state index contributed by atoms with van der Waals surface area (Å²) < 4.78 is 5.70. The van der Waals surface area contributed by atoms with E-state index < -0.39 is 0 Å². The van der Waals surface area contributed by atoms with Gasteiger partial charge in [0.1, 0.15) is 5.75 Å². The maximum atomic E-state index is 6.00. The molecule has 1 aromatic rings. The molecule has 1 saturated heterocycles. The molecule has 1 aliphatic rings. The van der Waals surface area contributed by atoms with E-state index in [0.717, 1.165) is 38.4 Å². The number of guanidine groups is 1. The zero-order valence-corrected chi connectivity index (χ0v) is 16.0. The minimum Gasteiger partial charge on any atom is -0.493 e. The van der Waals surface area contributed by atoms with Gasteiger partial charge >= 0.3 is 0 Å². The van der Waals surface area contributed by atoms with Gasteiger partial charge in [0, 0.05) is 12.6 Å². The van der Waals surface area contributed by atoms with Gasteiger partial charge in [-0.1, -0.05) is 32.9 Å². The van der Waals surface area contributed by atoms with Crippen molar-refractivity contribution in [1.82, 2.24) is 10.2 Å². The molecule has 25 heavy (non-hydrogen) atoms. The Morgan fingerprint density at radius 3 is 2.80 bits per heavy atom. The van der Waals surface area contributed by atoms with E-state index in [0.29, 0.717) is 17.9 Å². The van der Waals surface area contributed by atoms with E-state index in [4.69, 9.17) is 10.5 Å². The molecule has 0 saturated carbocycles. The lowest BCUT2D eigenvalue weighted by atomic mass is 10.1. The fourth-order valence-electron chi connectivity index (χ4n) is 3.13.